The molecule has 2 aromatic carbocycles. The van der Waals surface area contributed by atoms with E-state index in [0.29, 0.717) is 15.9 Å². The highest BCUT2D eigenvalue weighted by atomic mass is 32.2. The van der Waals surface area contributed by atoms with E-state index in [-0.39, 0.29) is 20.0 Å². The van der Waals surface area contributed by atoms with Crippen molar-refractivity contribution in [1.82, 2.24) is 4.57 Å². The average Bonchev–Trinajstić information content (AvgIpc) is 2.90. The van der Waals surface area contributed by atoms with Crippen molar-refractivity contribution in [2.75, 3.05) is 6.26 Å². The van der Waals surface area contributed by atoms with Gasteiger partial charge in [0.25, 0.3) is 10.0 Å². The van der Waals surface area contributed by atoms with Crippen LogP contribution in [0.1, 0.15) is 12.1 Å². The number of sulfonamides is 1. The van der Waals surface area contributed by atoms with Crippen molar-refractivity contribution in [2.45, 2.75) is 23.3 Å². The lowest BCUT2D eigenvalue weighted by Gasteiger charge is -2.04. The van der Waals surface area contributed by atoms with Crippen molar-refractivity contribution in [2.24, 2.45) is 4.40 Å². The number of rotatable bonds is 4. The quantitative estimate of drug-likeness (QED) is 0.634. The van der Waals surface area contributed by atoms with Gasteiger partial charge in [-0.3, -0.25) is 4.57 Å². The number of fused-ring (bicyclic) bond motifs is 1. The maximum atomic E-state index is 13.6. The fourth-order valence-corrected chi connectivity index (χ4v) is 5.35. The Hall–Kier alpha value is -2.11. The van der Waals surface area contributed by atoms with Gasteiger partial charge in [0.2, 0.25) is 4.80 Å². The second-order valence-corrected chi connectivity index (χ2v) is 10.4. The maximum Gasteiger partial charge on any atom is 0.321 e. The van der Waals surface area contributed by atoms with E-state index in [1.807, 2.05) is 0 Å². The summed E-state index contributed by atoms with van der Waals surface area (Å²) in [4.78, 5) is -0.611. The van der Waals surface area contributed by atoms with E-state index in [2.05, 4.69) is 4.40 Å². The first-order chi connectivity index (χ1) is 12.5. The standard InChI is InChI=1S/C16H14F2N2O4S3/c1-10-3-5-11(6-4-10)27(23,24)19-16-20(15(17)18)13-8-7-12(26(2,21)22)9-14(13)25-16/h3-9,15H,1-2H3/b19-16-. The molecule has 27 heavy (non-hydrogen) atoms. The summed E-state index contributed by atoms with van der Waals surface area (Å²) in [6.45, 7) is -1.27. The molecular formula is C16H14F2N2O4S3. The number of alkyl halides is 2. The molecule has 0 unspecified atom stereocenters. The van der Waals surface area contributed by atoms with Crippen LogP contribution >= 0.6 is 11.3 Å². The number of benzene rings is 2. The number of aryl methyl sites for hydroxylation is 1. The van der Waals surface area contributed by atoms with Gasteiger partial charge in [-0.1, -0.05) is 29.0 Å². The number of thiazole rings is 1. The molecule has 1 heterocycles. The molecule has 1 aromatic heterocycles. The Labute approximate surface area is 158 Å². The second kappa shape index (κ2) is 6.80. The molecule has 0 atom stereocenters. The molecule has 0 amide bonds. The fraction of sp³-hybridized carbons (Fsp3) is 0.188. The minimum atomic E-state index is -4.21. The molecule has 6 nitrogen and oxygen atoms in total. The van der Waals surface area contributed by atoms with E-state index in [4.69, 9.17) is 0 Å². The number of nitrogens with zero attached hydrogens (tertiary/aromatic N) is 2. The van der Waals surface area contributed by atoms with Crippen LogP contribution in [0.5, 0.6) is 0 Å². The van der Waals surface area contributed by atoms with Crippen molar-refractivity contribution in [3.63, 3.8) is 0 Å². The van der Waals surface area contributed by atoms with E-state index in [9.17, 15) is 25.6 Å². The molecule has 0 radical (unpaired) electrons. The van der Waals surface area contributed by atoms with Crippen LogP contribution in [0.2, 0.25) is 0 Å². The number of aromatic nitrogens is 1. The van der Waals surface area contributed by atoms with Gasteiger partial charge < -0.3 is 0 Å². The lowest BCUT2D eigenvalue weighted by atomic mass is 10.2. The number of sulfone groups is 1. The van der Waals surface area contributed by atoms with Gasteiger partial charge in [-0.15, -0.1) is 4.40 Å². The lowest BCUT2D eigenvalue weighted by molar-refractivity contribution is 0.0723. The van der Waals surface area contributed by atoms with Crippen molar-refractivity contribution < 1.29 is 25.6 Å². The van der Waals surface area contributed by atoms with E-state index < -0.39 is 31.2 Å². The van der Waals surface area contributed by atoms with Crippen LogP contribution in [-0.2, 0) is 19.9 Å². The minimum Gasteiger partial charge on any atom is -0.258 e. The van der Waals surface area contributed by atoms with Crippen molar-refractivity contribution in [3.8, 4) is 0 Å². The number of hydrogen-bond acceptors (Lipinski definition) is 5. The van der Waals surface area contributed by atoms with Crippen molar-refractivity contribution in [3.05, 3.63) is 52.8 Å². The summed E-state index contributed by atoms with van der Waals surface area (Å²) in [6, 6.07) is 9.48. The third-order valence-corrected chi connectivity index (χ3v) is 7.26. The molecule has 0 aliphatic rings. The molecule has 144 valence electrons. The number of hydrogen-bond donors (Lipinski definition) is 0. The summed E-state index contributed by atoms with van der Waals surface area (Å²) in [7, 11) is -7.75. The molecule has 3 rings (SSSR count). The maximum absolute atomic E-state index is 13.6. The molecule has 0 spiro atoms. The third kappa shape index (κ3) is 3.94. The van der Waals surface area contributed by atoms with Gasteiger partial charge in [-0.05, 0) is 37.3 Å². The zero-order valence-corrected chi connectivity index (χ0v) is 16.6. The molecule has 0 bridgehead atoms. The Kier molecular flexibility index (Phi) is 4.95. The summed E-state index contributed by atoms with van der Waals surface area (Å²) in [6.07, 6.45) is 0.996. The Balaban J connectivity index is 2.28. The molecule has 0 fully saturated rings. The van der Waals surface area contributed by atoms with Gasteiger partial charge in [0.1, 0.15) is 0 Å². The van der Waals surface area contributed by atoms with Crippen LogP contribution < -0.4 is 4.80 Å². The predicted molar refractivity (Wildman–Crippen MR) is 98.1 cm³/mol. The normalized spacial score (nSPS) is 13.6. The van der Waals surface area contributed by atoms with Gasteiger partial charge in [0.15, 0.2) is 9.84 Å². The van der Waals surface area contributed by atoms with Gasteiger partial charge in [-0.2, -0.15) is 17.2 Å². The number of halogens is 2. The van der Waals surface area contributed by atoms with Crippen LogP contribution in [-0.4, -0.2) is 27.7 Å². The average molecular weight is 432 g/mol. The first-order valence-corrected chi connectivity index (χ1v) is 11.6. The second-order valence-electron chi connectivity index (χ2n) is 5.81. The predicted octanol–water partition coefficient (Wildman–Crippen LogP) is 3.10. The van der Waals surface area contributed by atoms with Gasteiger partial charge in [0, 0.05) is 6.26 Å². The summed E-state index contributed by atoms with van der Waals surface area (Å²) in [5.74, 6) is 0. The van der Waals surface area contributed by atoms with Crippen LogP contribution in [0, 0.1) is 6.92 Å². The molecule has 11 heteroatoms. The van der Waals surface area contributed by atoms with Gasteiger partial charge >= 0.3 is 6.55 Å². The monoisotopic (exact) mass is 432 g/mol. The molecule has 3 aromatic rings. The van der Waals surface area contributed by atoms with E-state index >= 15 is 0 Å². The van der Waals surface area contributed by atoms with Crippen molar-refractivity contribution >= 4 is 41.4 Å². The van der Waals surface area contributed by atoms with Crippen molar-refractivity contribution in [1.29, 1.82) is 0 Å². The Morgan fingerprint density at radius 3 is 2.15 bits per heavy atom. The molecule has 0 N–H and O–H groups in total. The zero-order chi connectivity index (χ0) is 20.0. The fourth-order valence-electron chi connectivity index (χ4n) is 2.37. The van der Waals surface area contributed by atoms with E-state index in [1.54, 1.807) is 19.1 Å². The van der Waals surface area contributed by atoms with E-state index in [0.717, 1.165) is 11.8 Å². The Morgan fingerprint density at radius 1 is 1.00 bits per heavy atom. The van der Waals surface area contributed by atoms with Gasteiger partial charge in [0.05, 0.1) is 20.0 Å². The largest absolute Gasteiger partial charge is 0.321 e. The third-order valence-electron chi connectivity index (χ3n) is 3.74. The SMILES string of the molecule is Cc1ccc(S(=O)(=O)/N=c2\sc3cc(S(C)(=O)=O)ccc3n2C(F)F)cc1. The molecular weight excluding hydrogens is 418 g/mol. The highest BCUT2D eigenvalue weighted by molar-refractivity contribution is 7.90. The molecule has 0 aliphatic carbocycles. The van der Waals surface area contributed by atoms with Crippen LogP contribution in [0.25, 0.3) is 10.2 Å². The summed E-state index contributed by atoms with van der Waals surface area (Å²) >= 11 is 0.680. The molecule has 0 aliphatic heterocycles. The summed E-state index contributed by atoms with van der Waals surface area (Å²) < 4.78 is 79.6. The van der Waals surface area contributed by atoms with Crippen LogP contribution in [0.15, 0.2) is 56.7 Å². The first kappa shape index (κ1) is 19.6. The zero-order valence-electron chi connectivity index (χ0n) is 14.1. The Morgan fingerprint density at radius 2 is 1.59 bits per heavy atom. The lowest BCUT2D eigenvalue weighted by Crippen LogP contribution is -2.17. The highest BCUT2D eigenvalue weighted by Gasteiger charge is 2.19. The smallest absolute Gasteiger partial charge is 0.258 e. The van der Waals surface area contributed by atoms with Gasteiger partial charge in [-0.25, -0.2) is 8.42 Å². The topological polar surface area (TPSA) is 85.6 Å². The molecule has 0 saturated heterocycles. The highest BCUT2D eigenvalue weighted by Crippen LogP contribution is 2.26. The molecule has 0 saturated carbocycles. The summed E-state index contributed by atoms with van der Waals surface area (Å²) in [5, 5.41) is 0. The van der Waals surface area contributed by atoms with Crippen LogP contribution in [0.4, 0.5) is 8.78 Å². The summed E-state index contributed by atoms with van der Waals surface area (Å²) in [5.41, 5.74) is 0.840. The van der Waals surface area contributed by atoms with E-state index in [1.165, 1.54) is 30.3 Å². The first-order valence-electron chi connectivity index (χ1n) is 7.50. The van der Waals surface area contributed by atoms with Crippen LogP contribution in [0.3, 0.4) is 0 Å². The Bertz CT molecular complexity index is 1290. The minimum absolute atomic E-state index is 0.000237.